The molecule has 0 saturated heterocycles. The minimum Gasteiger partial charge on any atom is -0.344 e. The molecule has 0 aromatic carbocycles. The zero-order valence-electron chi connectivity index (χ0n) is 12.4. The molecule has 0 radical (unpaired) electrons. The quantitative estimate of drug-likeness (QED) is 0.901. The lowest BCUT2D eigenvalue weighted by Gasteiger charge is -2.22. The molecule has 1 aliphatic rings. The predicted molar refractivity (Wildman–Crippen MR) is 77.1 cm³/mol. The van der Waals surface area contributed by atoms with Crippen molar-refractivity contribution >= 4 is 5.91 Å². The van der Waals surface area contributed by atoms with Gasteiger partial charge >= 0.3 is 0 Å². The summed E-state index contributed by atoms with van der Waals surface area (Å²) in [5, 5.41) is 3.36. The molecular formula is C15H25N3O. The third kappa shape index (κ3) is 3.00. The number of nitrogens with zero attached hydrogens (tertiary/aromatic N) is 2. The molecule has 0 fully saturated rings. The third-order valence-electron chi connectivity index (χ3n) is 4.15. The van der Waals surface area contributed by atoms with Crippen molar-refractivity contribution in [2.24, 2.45) is 0 Å². The van der Waals surface area contributed by atoms with Gasteiger partial charge in [-0.05, 0) is 51.3 Å². The Labute approximate surface area is 115 Å². The van der Waals surface area contributed by atoms with Gasteiger partial charge in [-0.2, -0.15) is 0 Å². The van der Waals surface area contributed by atoms with Crippen LogP contribution in [0.1, 0.15) is 43.9 Å². The van der Waals surface area contributed by atoms with Gasteiger partial charge in [0.05, 0.1) is 0 Å². The predicted octanol–water partition coefficient (Wildman–Crippen LogP) is 1.95. The van der Waals surface area contributed by atoms with Crippen LogP contribution in [0.15, 0.2) is 12.4 Å². The number of hydrogen-bond donors (Lipinski definition) is 1. The number of amides is 1. The third-order valence-corrected chi connectivity index (χ3v) is 4.15. The number of hydrogen-bond acceptors (Lipinski definition) is 2. The lowest BCUT2D eigenvalue weighted by molar-refractivity contribution is -0.131. The molecule has 19 heavy (non-hydrogen) atoms. The molecule has 1 aromatic rings. The van der Waals surface area contributed by atoms with Crippen molar-refractivity contribution in [3.8, 4) is 0 Å². The second-order valence-corrected chi connectivity index (χ2v) is 5.74. The van der Waals surface area contributed by atoms with Crippen LogP contribution in [0.25, 0.3) is 0 Å². The van der Waals surface area contributed by atoms with E-state index in [1.54, 1.807) is 4.90 Å². The van der Waals surface area contributed by atoms with Gasteiger partial charge in [0.25, 0.3) is 0 Å². The molecule has 0 spiro atoms. The van der Waals surface area contributed by atoms with Gasteiger partial charge in [0.2, 0.25) is 5.91 Å². The number of likely N-dealkylation sites (N-methyl/N-ethyl adjacent to an activating group) is 1. The smallest absolute Gasteiger partial charge is 0.242 e. The first-order valence-corrected chi connectivity index (χ1v) is 7.14. The number of fused-ring (bicyclic) bond motifs is 1. The summed E-state index contributed by atoms with van der Waals surface area (Å²) in [5.41, 5.74) is 2.76. The van der Waals surface area contributed by atoms with Crippen molar-refractivity contribution in [1.82, 2.24) is 14.8 Å². The Morgan fingerprint density at radius 1 is 1.53 bits per heavy atom. The van der Waals surface area contributed by atoms with Crippen LogP contribution >= 0.6 is 0 Å². The monoisotopic (exact) mass is 263 g/mol. The van der Waals surface area contributed by atoms with E-state index in [1.807, 2.05) is 32.5 Å². The zero-order valence-corrected chi connectivity index (χ0v) is 12.4. The fraction of sp³-hybridized carbons (Fsp3) is 0.667. The zero-order chi connectivity index (χ0) is 14.0. The Balaban J connectivity index is 2.11. The highest BCUT2D eigenvalue weighted by atomic mass is 16.2. The number of aromatic nitrogens is 1. The molecule has 0 saturated carbocycles. The van der Waals surface area contributed by atoms with E-state index in [0.29, 0.717) is 12.6 Å². The molecule has 1 aromatic heterocycles. The van der Waals surface area contributed by atoms with Gasteiger partial charge in [0.1, 0.15) is 6.54 Å². The Hall–Kier alpha value is -1.29. The highest BCUT2D eigenvalue weighted by molar-refractivity contribution is 5.76. The second-order valence-electron chi connectivity index (χ2n) is 5.74. The van der Waals surface area contributed by atoms with E-state index < -0.39 is 0 Å². The largest absolute Gasteiger partial charge is 0.344 e. The van der Waals surface area contributed by atoms with Crippen LogP contribution in [0, 0.1) is 0 Å². The lowest BCUT2D eigenvalue weighted by Crippen LogP contribution is -2.35. The highest BCUT2D eigenvalue weighted by Gasteiger charge is 2.21. The molecule has 0 bridgehead atoms. The minimum absolute atomic E-state index is 0.170. The van der Waals surface area contributed by atoms with E-state index in [4.69, 9.17) is 0 Å². The van der Waals surface area contributed by atoms with Crippen molar-refractivity contribution < 1.29 is 4.79 Å². The number of nitrogens with one attached hydrogen (secondary N) is 1. The first kappa shape index (κ1) is 14.1. The molecule has 1 amide bonds. The molecule has 0 aliphatic heterocycles. The summed E-state index contributed by atoms with van der Waals surface area (Å²) in [6, 6.07) is 0.700. The van der Waals surface area contributed by atoms with Gasteiger partial charge in [-0.3, -0.25) is 4.79 Å². The minimum atomic E-state index is 0.170. The molecule has 4 heteroatoms. The van der Waals surface area contributed by atoms with Crippen LogP contribution in [0.4, 0.5) is 0 Å². The number of aryl methyl sites for hydroxylation is 1. The maximum Gasteiger partial charge on any atom is 0.242 e. The van der Waals surface area contributed by atoms with Crippen molar-refractivity contribution in [3.05, 3.63) is 23.5 Å². The fourth-order valence-corrected chi connectivity index (χ4v) is 2.70. The van der Waals surface area contributed by atoms with Crippen LogP contribution in [-0.2, 0) is 17.8 Å². The Morgan fingerprint density at radius 3 is 2.89 bits per heavy atom. The Bertz CT molecular complexity index is 450. The molecular weight excluding hydrogens is 238 g/mol. The fourth-order valence-electron chi connectivity index (χ4n) is 2.70. The van der Waals surface area contributed by atoms with Crippen LogP contribution in [0.3, 0.4) is 0 Å². The number of carbonyl (C=O) groups excluding carboxylic acids is 1. The van der Waals surface area contributed by atoms with Crippen LogP contribution in [0.5, 0.6) is 0 Å². The molecule has 1 N–H and O–H groups in total. The molecule has 2 rings (SSSR count). The van der Waals surface area contributed by atoms with E-state index in [2.05, 4.69) is 17.7 Å². The van der Waals surface area contributed by atoms with E-state index in [1.165, 1.54) is 24.0 Å². The molecule has 1 aliphatic carbocycles. The van der Waals surface area contributed by atoms with Gasteiger partial charge in [-0.1, -0.05) is 0 Å². The van der Waals surface area contributed by atoms with E-state index >= 15 is 0 Å². The molecule has 4 nitrogen and oxygen atoms in total. The first-order valence-electron chi connectivity index (χ1n) is 7.14. The van der Waals surface area contributed by atoms with Gasteiger partial charge in [-0.15, -0.1) is 0 Å². The van der Waals surface area contributed by atoms with Crippen molar-refractivity contribution in [3.63, 3.8) is 0 Å². The van der Waals surface area contributed by atoms with Crippen molar-refractivity contribution in [2.45, 2.75) is 51.7 Å². The van der Waals surface area contributed by atoms with Crippen molar-refractivity contribution in [2.75, 3.05) is 14.1 Å². The number of carbonyl (C=O) groups is 1. The van der Waals surface area contributed by atoms with Crippen molar-refractivity contribution in [1.29, 1.82) is 0 Å². The second kappa shape index (κ2) is 5.78. The summed E-state index contributed by atoms with van der Waals surface area (Å²) in [6.45, 7) is 4.52. The topological polar surface area (TPSA) is 37.3 Å². The van der Waals surface area contributed by atoms with E-state index in [0.717, 1.165) is 6.42 Å². The summed E-state index contributed by atoms with van der Waals surface area (Å²) < 4.78 is 2.04. The maximum absolute atomic E-state index is 12.1. The van der Waals surface area contributed by atoms with Gasteiger partial charge in [0.15, 0.2) is 0 Å². The normalized spacial score (nSPS) is 18.5. The summed E-state index contributed by atoms with van der Waals surface area (Å²) in [7, 11) is 3.88. The molecule has 1 atom stereocenters. The highest BCUT2D eigenvalue weighted by Crippen LogP contribution is 2.30. The first-order chi connectivity index (χ1) is 9.02. The van der Waals surface area contributed by atoms with Gasteiger partial charge in [-0.25, -0.2) is 0 Å². The Kier molecular flexibility index (Phi) is 4.30. The van der Waals surface area contributed by atoms with Gasteiger partial charge in [0, 0.05) is 31.5 Å². The summed E-state index contributed by atoms with van der Waals surface area (Å²) in [6.07, 6.45) is 7.83. The summed E-state index contributed by atoms with van der Waals surface area (Å²) >= 11 is 0. The van der Waals surface area contributed by atoms with Gasteiger partial charge < -0.3 is 14.8 Å². The standard InChI is InChI=1S/C15H25N3O/c1-11(2)17(4)15(19)10-18-8-12-6-5-7-14(16-3)13(12)9-18/h8-9,11,14,16H,5-7,10H2,1-4H3. The average molecular weight is 263 g/mol. The van der Waals surface area contributed by atoms with E-state index in [-0.39, 0.29) is 11.9 Å². The Morgan fingerprint density at radius 2 is 2.26 bits per heavy atom. The maximum atomic E-state index is 12.1. The SMILES string of the molecule is CNC1CCCc2cn(CC(=O)N(C)C(C)C)cc21. The molecule has 1 unspecified atom stereocenters. The summed E-state index contributed by atoms with van der Waals surface area (Å²) in [5.74, 6) is 0.170. The van der Waals surface area contributed by atoms with Crippen LogP contribution in [-0.4, -0.2) is 35.5 Å². The van der Waals surface area contributed by atoms with Crippen LogP contribution in [0.2, 0.25) is 0 Å². The van der Waals surface area contributed by atoms with E-state index in [9.17, 15) is 4.79 Å². The van der Waals surface area contributed by atoms with Crippen LogP contribution < -0.4 is 5.32 Å². The lowest BCUT2D eigenvalue weighted by atomic mass is 9.91. The molecule has 106 valence electrons. The molecule has 1 heterocycles. The summed E-state index contributed by atoms with van der Waals surface area (Å²) in [4.78, 5) is 13.9. The number of rotatable bonds is 4. The average Bonchev–Trinajstić information content (AvgIpc) is 2.79.